The van der Waals surface area contributed by atoms with Gasteiger partial charge in [-0.3, -0.25) is 0 Å². The van der Waals surface area contributed by atoms with E-state index in [9.17, 15) is 0 Å². The van der Waals surface area contributed by atoms with Crippen LogP contribution >= 0.6 is 0 Å². The molecule has 2 aliphatic carbocycles. The van der Waals surface area contributed by atoms with Crippen molar-refractivity contribution in [2.75, 3.05) is 4.90 Å². The minimum Gasteiger partial charge on any atom is -0.456 e. The Morgan fingerprint density at radius 3 is 2.12 bits per heavy atom. The van der Waals surface area contributed by atoms with Gasteiger partial charge in [0.25, 0.3) is 0 Å². The molecule has 49 heavy (non-hydrogen) atoms. The Morgan fingerprint density at radius 1 is 0.571 bits per heavy atom. The van der Waals surface area contributed by atoms with Crippen molar-refractivity contribution in [2.45, 2.75) is 31.7 Å². The molecule has 2 aliphatic rings. The third-order valence-electron chi connectivity index (χ3n) is 11.0. The summed E-state index contributed by atoms with van der Waals surface area (Å²) in [5.74, 6) is 0. The van der Waals surface area contributed by atoms with E-state index in [1.54, 1.807) is 0 Å². The minimum atomic E-state index is -0.0356. The van der Waals surface area contributed by atoms with Crippen LogP contribution in [0.4, 0.5) is 11.4 Å². The second-order valence-corrected chi connectivity index (χ2v) is 14.1. The second-order valence-electron chi connectivity index (χ2n) is 14.1. The number of anilines is 2. The van der Waals surface area contributed by atoms with Gasteiger partial charge in [-0.1, -0.05) is 135 Å². The van der Waals surface area contributed by atoms with Crippen molar-refractivity contribution in [2.24, 2.45) is 0 Å². The zero-order valence-corrected chi connectivity index (χ0v) is 27.7. The van der Waals surface area contributed by atoms with Crippen LogP contribution in [0.2, 0.25) is 0 Å². The predicted molar refractivity (Wildman–Crippen MR) is 207 cm³/mol. The van der Waals surface area contributed by atoms with Crippen LogP contribution in [0.15, 0.2) is 162 Å². The zero-order valence-electron chi connectivity index (χ0n) is 27.7. The Labute approximate surface area is 286 Å². The van der Waals surface area contributed by atoms with Crippen molar-refractivity contribution in [1.82, 2.24) is 0 Å². The lowest BCUT2D eigenvalue weighted by atomic mass is 9.82. The SMILES string of the molecule is CC1(C)c2ccccc2-c2cc(N(c3ccc4c(c3)oc3ccc5ccccc5c34)C3C=CC(c4cccc5ccccc45)=CC3)ccc21. The van der Waals surface area contributed by atoms with Crippen LogP contribution in [0.25, 0.3) is 60.2 Å². The van der Waals surface area contributed by atoms with Gasteiger partial charge >= 0.3 is 0 Å². The third-order valence-corrected chi connectivity index (χ3v) is 11.0. The topological polar surface area (TPSA) is 16.4 Å². The monoisotopic (exact) mass is 629 g/mol. The van der Waals surface area contributed by atoms with E-state index in [1.165, 1.54) is 66.0 Å². The quantitative estimate of drug-likeness (QED) is 0.193. The van der Waals surface area contributed by atoms with E-state index in [-0.39, 0.29) is 11.5 Å². The first kappa shape index (κ1) is 28.2. The molecule has 1 aromatic heterocycles. The Bertz CT molecular complexity index is 2680. The van der Waals surface area contributed by atoms with Crippen molar-refractivity contribution in [3.63, 3.8) is 0 Å². The molecule has 10 rings (SSSR count). The molecule has 0 N–H and O–H groups in total. The maximum Gasteiger partial charge on any atom is 0.137 e. The van der Waals surface area contributed by atoms with E-state index in [2.05, 4.69) is 177 Å². The Morgan fingerprint density at radius 2 is 1.27 bits per heavy atom. The lowest BCUT2D eigenvalue weighted by molar-refractivity contribution is 0.660. The highest BCUT2D eigenvalue weighted by atomic mass is 16.3. The smallest absolute Gasteiger partial charge is 0.137 e. The summed E-state index contributed by atoms with van der Waals surface area (Å²) in [6.07, 6.45) is 8.01. The van der Waals surface area contributed by atoms with Crippen molar-refractivity contribution < 1.29 is 4.42 Å². The predicted octanol–water partition coefficient (Wildman–Crippen LogP) is 12.7. The summed E-state index contributed by atoms with van der Waals surface area (Å²) in [6, 6.07) is 51.0. The van der Waals surface area contributed by atoms with Gasteiger partial charge in [0.15, 0.2) is 0 Å². The molecule has 1 unspecified atom stereocenters. The molecular weight excluding hydrogens is 595 g/mol. The molecule has 0 fully saturated rings. The fourth-order valence-electron chi connectivity index (χ4n) is 8.55. The average molecular weight is 630 g/mol. The molecule has 1 atom stereocenters. The molecule has 2 heteroatoms. The number of fused-ring (bicyclic) bond motifs is 9. The molecule has 7 aromatic carbocycles. The van der Waals surface area contributed by atoms with Gasteiger partial charge in [0.1, 0.15) is 11.2 Å². The van der Waals surface area contributed by atoms with Gasteiger partial charge in [0, 0.05) is 33.6 Å². The average Bonchev–Trinajstić information content (AvgIpc) is 3.63. The summed E-state index contributed by atoms with van der Waals surface area (Å²) in [5.41, 5.74) is 12.1. The molecule has 1 heterocycles. The van der Waals surface area contributed by atoms with Gasteiger partial charge in [0.05, 0.1) is 6.04 Å². The lowest BCUT2D eigenvalue weighted by Crippen LogP contribution is -2.30. The van der Waals surface area contributed by atoms with Crippen LogP contribution in [0.3, 0.4) is 0 Å². The lowest BCUT2D eigenvalue weighted by Gasteiger charge is -2.34. The first-order valence-electron chi connectivity index (χ1n) is 17.3. The van der Waals surface area contributed by atoms with Gasteiger partial charge in [-0.15, -0.1) is 0 Å². The summed E-state index contributed by atoms with van der Waals surface area (Å²) < 4.78 is 6.58. The van der Waals surface area contributed by atoms with Crippen LogP contribution < -0.4 is 4.90 Å². The number of allylic oxidation sites excluding steroid dienone is 2. The largest absolute Gasteiger partial charge is 0.456 e. The summed E-state index contributed by atoms with van der Waals surface area (Å²) in [7, 11) is 0. The molecule has 0 amide bonds. The van der Waals surface area contributed by atoms with Crippen LogP contribution in [-0.4, -0.2) is 6.04 Å². The van der Waals surface area contributed by atoms with Gasteiger partial charge in [-0.25, -0.2) is 0 Å². The van der Waals surface area contributed by atoms with E-state index in [4.69, 9.17) is 4.42 Å². The number of hydrogen-bond acceptors (Lipinski definition) is 2. The van der Waals surface area contributed by atoms with Gasteiger partial charge in [0.2, 0.25) is 0 Å². The van der Waals surface area contributed by atoms with E-state index < -0.39 is 0 Å². The highest BCUT2D eigenvalue weighted by molar-refractivity contribution is 6.19. The maximum absolute atomic E-state index is 6.58. The summed E-state index contributed by atoms with van der Waals surface area (Å²) >= 11 is 0. The number of rotatable bonds is 4. The standard InChI is InChI=1S/C47H35NO/c1-47(2)42-17-8-7-15-39(42)41-28-34(24-26-43(41)47)48(33-21-18-32(19-22-33)37-16-9-12-30-10-3-5-13-36(30)37)35-23-25-40-45(29-35)49-44-27-20-31-11-4-6-14-38(31)46(40)44/h3-21,23-29,33H,22H2,1-2H3. The van der Waals surface area contributed by atoms with Crippen molar-refractivity contribution in [1.29, 1.82) is 0 Å². The minimum absolute atomic E-state index is 0.0356. The van der Waals surface area contributed by atoms with E-state index in [0.717, 1.165) is 28.7 Å². The van der Waals surface area contributed by atoms with E-state index >= 15 is 0 Å². The number of furan rings is 1. The fraction of sp³-hybridized carbons (Fsp3) is 0.106. The number of benzene rings is 7. The van der Waals surface area contributed by atoms with E-state index in [0.29, 0.717) is 0 Å². The summed E-state index contributed by atoms with van der Waals surface area (Å²) in [6.45, 7) is 4.69. The Hall–Kier alpha value is -5.86. The van der Waals surface area contributed by atoms with Crippen LogP contribution in [0.1, 0.15) is 37.0 Å². The Kier molecular flexibility index (Phi) is 6.08. The number of hydrogen-bond donors (Lipinski definition) is 0. The zero-order chi connectivity index (χ0) is 32.7. The molecule has 8 aromatic rings. The van der Waals surface area contributed by atoms with Crippen LogP contribution in [0.5, 0.6) is 0 Å². The molecule has 0 saturated heterocycles. The second kappa shape index (κ2) is 10.6. The molecule has 0 bridgehead atoms. The van der Waals surface area contributed by atoms with Crippen molar-refractivity contribution >= 4 is 60.4 Å². The first-order chi connectivity index (χ1) is 24.0. The molecule has 0 spiro atoms. The van der Waals surface area contributed by atoms with Gasteiger partial charge in [-0.05, 0) is 91.7 Å². The Balaban J connectivity index is 1.12. The molecule has 0 radical (unpaired) electrons. The highest BCUT2D eigenvalue weighted by Gasteiger charge is 2.36. The highest BCUT2D eigenvalue weighted by Crippen LogP contribution is 2.50. The van der Waals surface area contributed by atoms with Gasteiger partial charge < -0.3 is 9.32 Å². The molecule has 0 saturated carbocycles. The fourth-order valence-corrected chi connectivity index (χ4v) is 8.55. The molecule has 234 valence electrons. The maximum atomic E-state index is 6.58. The third kappa shape index (κ3) is 4.27. The first-order valence-corrected chi connectivity index (χ1v) is 17.3. The van der Waals surface area contributed by atoms with Gasteiger partial charge in [-0.2, -0.15) is 0 Å². The summed E-state index contributed by atoms with van der Waals surface area (Å²) in [4.78, 5) is 2.51. The number of nitrogens with zero attached hydrogens (tertiary/aromatic N) is 1. The molecule has 2 nitrogen and oxygen atoms in total. The van der Waals surface area contributed by atoms with Crippen LogP contribution in [0, 0.1) is 0 Å². The van der Waals surface area contributed by atoms with Crippen molar-refractivity contribution in [3.8, 4) is 11.1 Å². The molecule has 0 aliphatic heterocycles. The van der Waals surface area contributed by atoms with Crippen molar-refractivity contribution in [3.05, 3.63) is 174 Å². The van der Waals surface area contributed by atoms with Crippen LogP contribution in [-0.2, 0) is 5.41 Å². The molecular formula is C47H35NO. The summed E-state index contributed by atoms with van der Waals surface area (Å²) in [5, 5.41) is 7.35. The normalized spacial score (nSPS) is 16.3. The van der Waals surface area contributed by atoms with E-state index in [1.807, 2.05) is 0 Å².